The van der Waals surface area contributed by atoms with Crippen LogP contribution >= 0.6 is 23.2 Å². The van der Waals surface area contributed by atoms with Gasteiger partial charge >= 0.3 is 0 Å². The standard InChI is InChI=1S/C63H52Cl2N6O10/c1-74-48-28-20-44(21-29-48)62(72)70(46-24-16-42(17-25-46)60-68-66-58(80-60)40-12-7-5-8-13-40)56(64)52-38-50(32-34-54(52)76-3)78-36-11-37-79-51-33-35-55(77-4)53(39-51)57(65)71(63(73)45-22-30-49(75-2)31-23-45)47-26-18-43(19-27-47)61-69-67-59(81-61)41-14-9-6-10-15-41/h5-10,12-35,38-39,56-57H,11,36-37H2,1-4H3. The quantitative estimate of drug-likeness (QED) is 0.0356. The van der Waals surface area contributed by atoms with Gasteiger partial charge in [-0.2, -0.15) is 0 Å². The third-order valence-corrected chi connectivity index (χ3v) is 13.8. The number of carbonyl (C=O) groups excluding carboxylic acids is 2. The summed E-state index contributed by atoms with van der Waals surface area (Å²) in [6, 6.07) is 57.2. The Hall–Kier alpha value is -9.64. The molecule has 2 aromatic heterocycles. The Kier molecular flexibility index (Phi) is 17.2. The lowest BCUT2D eigenvalue weighted by atomic mass is 10.1. The lowest BCUT2D eigenvalue weighted by Crippen LogP contribution is -2.32. The van der Waals surface area contributed by atoms with E-state index in [0.717, 1.165) is 11.1 Å². The molecule has 2 unspecified atom stereocenters. The van der Waals surface area contributed by atoms with Crippen LogP contribution < -0.4 is 38.2 Å². The number of hydrogen-bond acceptors (Lipinski definition) is 14. The second-order valence-electron chi connectivity index (χ2n) is 18.0. The van der Waals surface area contributed by atoms with E-state index in [-0.39, 0.29) is 25.0 Å². The summed E-state index contributed by atoms with van der Waals surface area (Å²) in [5, 5.41) is 17.0. The van der Waals surface area contributed by atoms with Gasteiger partial charge in [-0.15, -0.1) is 20.4 Å². The van der Waals surface area contributed by atoms with Crippen molar-refractivity contribution in [3.63, 3.8) is 0 Å². The first-order valence-corrected chi connectivity index (χ1v) is 26.3. The maximum absolute atomic E-state index is 14.5. The molecule has 0 N–H and O–H groups in total. The van der Waals surface area contributed by atoms with Gasteiger partial charge in [0.2, 0.25) is 23.6 Å². The first-order valence-electron chi connectivity index (χ1n) is 25.5. The van der Waals surface area contributed by atoms with Gasteiger partial charge in [0, 0.05) is 62.3 Å². The molecule has 0 bridgehead atoms. The molecule has 2 atom stereocenters. The molecule has 16 nitrogen and oxygen atoms in total. The van der Waals surface area contributed by atoms with Crippen molar-refractivity contribution >= 4 is 46.4 Å². The van der Waals surface area contributed by atoms with Crippen molar-refractivity contribution in [2.24, 2.45) is 0 Å². The molecule has 0 saturated heterocycles. The third kappa shape index (κ3) is 12.5. The third-order valence-electron chi connectivity index (χ3n) is 13.0. The lowest BCUT2D eigenvalue weighted by molar-refractivity contribution is 0.0975. The van der Waals surface area contributed by atoms with Crippen LogP contribution in [0.25, 0.3) is 45.8 Å². The minimum absolute atomic E-state index is 0.245. The smallest absolute Gasteiger partial charge is 0.259 e. The average molecular weight is 1120 g/mol. The molecule has 8 aromatic carbocycles. The lowest BCUT2D eigenvalue weighted by Gasteiger charge is -2.29. The fourth-order valence-electron chi connectivity index (χ4n) is 8.75. The molecule has 2 amide bonds. The van der Waals surface area contributed by atoms with E-state index in [4.69, 9.17) is 60.5 Å². The zero-order chi connectivity index (χ0) is 56.2. The van der Waals surface area contributed by atoms with E-state index in [9.17, 15) is 9.59 Å². The molecule has 0 fully saturated rings. The molecule has 2 heterocycles. The topological polar surface area (TPSA) is 174 Å². The summed E-state index contributed by atoms with van der Waals surface area (Å²) in [6.45, 7) is 0.490. The second-order valence-corrected chi connectivity index (χ2v) is 18.8. The molecule has 10 aromatic rings. The Bertz CT molecular complexity index is 3470. The largest absolute Gasteiger partial charge is 0.497 e. The number of ether oxygens (including phenoxy) is 6. The number of halogens is 2. The summed E-state index contributed by atoms with van der Waals surface area (Å²) in [6.07, 6.45) is 0.458. The first kappa shape index (κ1) is 54.7. The minimum atomic E-state index is -1.08. The van der Waals surface area contributed by atoms with Crippen LogP contribution in [0.3, 0.4) is 0 Å². The minimum Gasteiger partial charge on any atom is -0.497 e. The molecule has 81 heavy (non-hydrogen) atoms. The molecule has 0 aliphatic carbocycles. The molecule has 18 heteroatoms. The van der Waals surface area contributed by atoms with Crippen LogP contribution in [0, 0.1) is 0 Å². The highest BCUT2D eigenvalue weighted by Gasteiger charge is 2.31. The average Bonchev–Trinajstić information content (AvgIpc) is 4.34. The molecule has 408 valence electrons. The maximum atomic E-state index is 14.5. The fraction of sp³-hybridized carbons (Fsp3) is 0.143. The molecule has 0 spiro atoms. The Labute approximate surface area is 476 Å². The highest BCUT2D eigenvalue weighted by Crippen LogP contribution is 2.42. The van der Waals surface area contributed by atoms with E-state index in [2.05, 4.69) is 20.4 Å². The van der Waals surface area contributed by atoms with Gasteiger partial charge in [-0.25, -0.2) is 0 Å². The summed E-state index contributed by atoms with van der Waals surface area (Å²) < 4.78 is 46.9. The van der Waals surface area contributed by atoms with Crippen molar-refractivity contribution in [3.8, 4) is 80.3 Å². The Balaban J connectivity index is 0.840. The molecular weight excluding hydrogens is 1070 g/mol. The number of nitrogens with zero attached hydrogens (tertiary/aromatic N) is 6. The van der Waals surface area contributed by atoms with E-state index in [1.165, 1.54) is 24.0 Å². The number of benzene rings is 8. The normalized spacial score (nSPS) is 11.7. The van der Waals surface area contributed by atoms with Crippen molar-refractivity contribution in [1.29, 1.82) is 0 Å². The van der Waals surface area contributed by atoms with Gasteiger partial charge in [-0.3, -0.25) is 19.4 Å². The van der Waals surface area contributed by atoms with Gasteiger partial charge in [0.15, 0.2) is 0 Å². The van der Waals surface area contributed by atoms with Gasteiger partial charge in [0.25, 0.3) is 11.8 Å². The fourth-order valence-corrected chi connectivity index (χ4v) is 9.49. The first-order chi connectivity index (χ1) is 39.6. The molecule has 0 aliphatic rings. The van der Waals surface area contributed by atoms with Crippen LogP contribution in [0.1, 0.15) is 49.3 Å². The summed E-state index contributed by atoms with van der Waals surface area (Å²) in [4.78, 5) is 32.0. The van der Waals surface area contributed by atoms with Gasteiger partial charge in [-0.1, -0.05) is 59.6 Å². The maximum Gasteiger partial charge on any atom is 0.259 e. The van der Waals surface area contributed by atoms with Crippen molar-refractivity contribution in [3.05, 3.63) is 216 Å². The highest BCUT2D eigenvalue weighted by molar-refractivity contribution is 6.27. The molecular formula is C63H52Cl2N6O10. The Morgan fingerprint density at radius 1 is 0.420 bits per heavy atom. The van der Waals surface area contributed by atoms with Gasteiger partial charge < -0.3 is 37.3 Å². The van der Waals surface area contributed by atoms with E-state index in [1.807, 2.05) is 60.7 Å². The van der Waals surface area contributed by atoms with Crippen LogP contribution in [0.15, 0.2) is 203 Å². The number of hydrogen-bond donors (Lipinski definition) is 0. The monoisotopic (exact) mass is 1120 g/mol. The molecule has 0 radical (unpaired) electrons. The SMILES string of the molecule is COc1ccc(C(=O)N(c2ccc(-c3nnc(-c4ccccc4)o3)cc2)C(Cl)c2cc(OCCCOc3ccc(OC)c(C(Cl)N(C(=O)c4ccc(OC)cc4)c4ccc(-c5nnc(-c6ccccc6)o5)cc4)c3)ccc2OC)cc1. The highest BCUT2D eigenvalue weighted by atomic mass is 35.5. The van der Waals surface area contributed by atoms with Gasteiger partial charge in [-0.05, 0) is 158 Å². The van der Waals surface area contributed by atoms with E-state index >= 15 is 0 Å². The Morgan fingerprint density at radius 2 is 0.753 bits per heavy atom. The van der Waals surface area contributed by atoms with E-state index in [0.29, 0.717) is 109 Å². The van der Waals surface area contributed by atoms with E-state index in [1.54, 1.807) is 148 Å². The van der Waals surface area contributed by atoms with Gasteiger partial charge in [0.05, 0.1) is 41.7 Å². The van der Waals surface area contributed by atoms with Crippen LogP contribution in [0.2, 0.25) is 0 Å². The second kappa shape index (κ2) is 25.4. The van der Waals surface area contributed by atoms with Crippen LogP contribution in [-0.4, -0.2) is 73.9 Å². The van der Waals surface area contributed by atoms with Crippen LogP contribution in [0.4, 0.5) is 11.4 Å². The summed E-state index contributed by atoms with van der Waals surface area (Å²) >= 11 is 14.8. The van der Waals surface area contributed by atoms with Gasteiger partial charge in [0.1, 0.15) is 45.5 Å². The summed E-state index contributed by atoms with van der Waals surface area (Å²) in [7, 11) is 6.18. The molecule has 0 aliphatic heterocycles. The zero-order valence-electron chi connectivity index (χ0n) is 44.3. The summed E-state index contributed by atoms with van der Waals surface area (Å²) in [5.41, 5.74) is 3.38. The Morgan fingerprint density at radius 3 is 1.09 bits per heavy atom. The van der Waals surface area contributed by atoms with Crippen LogP contribution in [-0.2, 0) is 0 Å². The number of aromatic nitrogens is 4. The van der Waals surface area contributed by atoms with Crippen molar-refractivity contribution in [1.82, 2.24) is 20.4 Å². The van der Waals surface area contributed by atoms with Crippen molar-refractivity contribution < 1.29 is 46.8 Å². The zero-order valence-corrected chi connectivity index (χ0v) is 45.8. The number of methoxy groups -OCH3 is 4. The molecule has 10 rings (SSSR count). The predicted molar refractivity (Wildman–Crippen MR) is 309 cm³/mol. The number of alkyl halides is 2. The predicted octanol–water partition coefficient (Wildman–Crippen LogP) is 14.2. The van der Waals surface area contributed by atoms with E-state index < -0.39 is 11.0 Å². The number of carbonyl (C=O) groups is 2. The molecule has 0 saturated carbocycles. The number of amides is 2. The number of rotatable bonds is 22. The number of anilines is 2. The van der Waals surface area contributed by atoms with Crippen molar-refractivity contribution in [2.75, 3.05) is 51.5 Å². The van der Waals surface area contributed by atoms with Crippen LogP contribution in [0.5, 0.6) is 34.5 Å². The van der Waals surface area contributed by atoms with Crippen molar-refractivity contribution in [2.45, 2.75) is 17.4 Å². The summed E-state index contributed by atoms with van der Waals surface area (Å²) in [5.74, 6) is 3.64.